The summed E-state index contributed by atoms with van der Waals surface area (Å²) in [5.74, 6) is 0.365. The number of hydrogen-bond acceptors (Lipinski definition) is 3. The molecule has 19 heavy (non-hydrogen) atoms. The van der Waals surface area contributed by atoms with Gasteiger partial charge in [-0.15, -0.1) is 0 Å². The van der Waals surface area contributed by atoms with E-state index in [2.05, 4.69) is 10.1 Å². The van der Waals surface area contributed by atoms with E-state index in [0.717, 1.165) is 0 Å². The van der Waals surface area contributed by atoms with E-state index in [1.807, 2.05) is 0 Å². The normalized spacial score (nSPS) is 10.6. The molecule has 0 unspecified atom stereocenters. The molecule has 0 amide bonds. The minimum absolute atomic E-state index is 0.271. The summed E-state index contributed by atoms with van der Waals surface area (Å²) < 4.78 is 15.3. The first-order valence-corrected chi connectivity index (χ1v) is 5.75. The molecular weight excluding hydrogens is 243 g/mol. The van der Waals surface area contributed by atoms with Crippen molar-refractivity contribution in [3.8, 4) is 16.9 Å². The number of aromatic nitrogens is 3. The first-order chi connectivity index (χ1) is 9.24. The van der Waals surface area contributed by atoms with Crippen LogP contribution in [0.25, 0.3) is 16.9 Å². The molecule has 94 valence electrons. The molecule has 0 radical (unpaired) electrons. The number of hydrogen-bond donors (Lipinski definition) is 1. The molecule has 1 aromatic carbocycles. The van der Waals surface area contributed by atoms with E-state index in [4.69, 9.17) is 5.73 Å². The molecule has 2 heterocycles. The van der Waals surface area contributed by atoms with Gasteiger partial charge in [-0.25, -0.2) is 14.1 Å². The summed E-state index contributed by atoms with van der Waals surface area (Å²) in [5.41, 5.74) is 7.39. The Morgan fingerprint density at radius 2 is 1.89 bits per heavy atom. The fourth-order valence-electron chi connectivity index (χ4n) is 1.82. The molecule has 0 spiro atoms. The minimum atomic E-state index is -0.271. The standard InChI is InChI=1S/C14H11FN4/c15-13-4-2-1-3-12(13)10-7-18-19(9-10)14-6-5-11(16)8-17-14/h1-9H,16H2. The third-order valence-electron chi connectivity index (χ3n) is 2.77. The number of pyridine rings is 1. The molecule has 0 atom stereocenters. The maximum atomic E-state index is 13.7. The number of anilines is 1. The van der Waals surface area contributed by atoms with E-state index in [0.29, 0.717) is 22.6 Å². The Kier molecular flexibility index (Phi) is 2.72. The average Bonchev–Trinajstić information content (AvgIpc) is 2.89. The van der Waals surface area contributed by atoms with Gasteiger partial charge in [0.25, 0.3) is 0 Å². The summed E-state index contributed by atoms with van der Waals surface area (Å²) in [7, 11) is 0. The van der Waals surface area contributed by atoms with Crippen molar-refractivity contribution in [2.45, 2.75) is 0 Å². The van der Waals surface area contributed by atoms with Crippen LogP contribution >= 0.6 is 0 Å². The van der Waals surface area contributed by atoms with Crippen LogP contribution in [0.2, 0.25) is 0 Å². The Balaban J connectivity index is 2.00. The van der Waals surface area contributed by atoms with E-state index in [9.17, 15) is 4.39 Å². The van der Waals surface area contributed by atoms with Crippen molar-refractivity contribution in [3.63, 3.8) is 0 Å². The van der Waals surface area contributed by atoms with E-state index in [1.54, 1.807) is 53.6 Å². The minimum Gasteiger partial charge on any atom is -0.397 e. The lowest BCUT2D eigenvalue weighted by Crippen LogP contribution is -1.98. The molecule has 0 aliphatic carbocycles. The fraction of sp³-hybridized carbons (Fsp3) is 0. The van der Waals surface area contributed by atoms with Crippen LogP contribution in [0.1, 0.15) is 0 Å². The quantitative estimate of drug-likeness (QED) is 0.764. The topological polar surface area (TPSA) is 56.7 Å². The van der Waals surface area contributed by atoms with Gasteiger partial charge < -0.3 is 5.73 Å². The zero-order valence-electron chi connectivity index (χ0n) is 9.99. The highest BCUT2D eigenvalue weighted by Gasteiger charge is 2.07. The Morgan fingerprint density at radius 3 is 2.63 bits per heavy atom. The maximum absolute atomic E-state index is 13.7. The van der Waals surface area contributed by atoms with Crippen LogP contribution < -0.4 is 5.73 Å². The van der Waals surface area contributed by atoms with Crippen LogP contribution in [0.15, 0.2) is 55.0 Å². The van der Waals surface area contributed by atoms with Gasteiger partial charge in [-0.3, -0.25) is 0 Å². The van der Waals surface area contributed by atoms with Crippen molar-refractivity contribution in [2.24, 2.45) is 0 Å². The first kappa shape index (κ1) is 11.4. The Hall–Kier alpha value is -2.69. The van der Waals surface area contributed by atoms with Crippen LogP contribution in [-0.4, -0.2) is 14.8 Å². The molecule has 0 fully saturated rings. The number of nitrogen functional groups attached to an aromatic ring is 1. The van der Waals surface area contributed by atoms with Crippen molar-refractivity contribution in [1.29, 1.82) is 0 Å². The summed E-state index contributed by atoms with van der Waals surface area (Å²) >= 11 is 0. The van der Waals surface area contributed by atoms with E-state index in [-0.39, 0.29) is 5.82 Å². The van der Waals surface area contributed by atoms with Gasteiger partial charge in [0, 0.05) is 17.3 Å². The molecule has 0 saturated heterocycles. The van der Waals surface area contributed by atoms with Crippen LogP contribution in [-0.2, 0) is 0 Å². The lowest BCUT2D eigenvalue weighted by molar-refractivity contribution is 0.631. The molecule has 0 bridgehead atoms. The summed E-state index contributed by atoms with van der Waals surface area (Å²) in [4.78, 5) is 4.16. The van der Waals surface area contributed by atoms with Gasteiger partial charge in [-0.1, -0.05) is 18.2 Å². The largest absolute Gasteiger partial charge is 0.397 e. The van der Waals surface area contributed by atoms with Crippen LogP contribution in [0.4, 0.5) is 10.1 Å². The molecule has 3 aromatic rings. The highest BCUT2D eigenvalue weighted by atomic mass is 19.1. The van der Waals surface area contributed by atoms with Crippen LogP contribution in [0.3, 0.4) is 0 Å². The van der Waals surface area contributed by atoms with Crippen molar-refractivity contribution in [3.05, 3.63) is 60.8 Å². The zero-order valence-corrected chi connectivity index (χ0v) is 9.99. The number of halogens is 1. The molecule has 0 aliphatic rings. The third-order valence-corrected chi connectivity index (χ3v) is 2.77. The predicted octanol–water partition coefficient (Wildman–Crippen LogP) is 2.66. The van der Waals surface area contributed by atoms with Gasteiger partial charge in [0.15, 0.2) is 5.82 Å². The Bertz CT molecular complexity index is 703. The van der Waals surface area contributed by atoms with Crippen molar-refractivity contribution >= 4 is 5.69 Å². The lowest BCUT2D eigenvalue weighted by Gasteiger charge is -2.00. The molecule has 2 aromatic heterocycles. The van der Waals surface area contributed by atoms with E-state index >= 15 is 0 Å². The maximum Gasteiger partial charge on any atom is 0.153 e. The predicted molar refractivity (Wildman–Crippen MR) is 71.2 cm³/mol. The zero-order chi connectivity index (χ0) is 13.2. The second-order valence-corrected chi connectivity index (χ2v) is 4.10. The summed E-state index contributed by atoms with van der Waals surface area (Å²) in [6.45, 7) is 0. The molecule has 0 saturated carbocycles. The number of nitrogens with two attached hydrogens (primary N) is 1. The number of rotatable bonds is 2. The molecule has 5 heteroatoms. The van der Waals surface area contributed by atoms with Gasteiger partial charge in [0.05, 0.1) is 18.1 Å². The van der Waals surface area contributed by atoms with E-state index < -0.39 is 0 Å². The van der Waals surface area contributed by atoms with Crippen molar-refractivity contribution in [2.75, 3.05) is 5.73 Å². The Morgan fingerprint density at radius 1 is 1.05 bits per heavy atom. The second kappa shape index (κ2) is 4.53. The summed E-state index contributed by atoms with van der Waals surface area (Å²) in [6, 6.07) is 10.1. The molecule has 3 rings (SSSR count). The Labute approximate surface area is 109 Å². The molecule has 4 nitrogen and oxygen atoms in total. The SMILES string of the molecule is Nc1ccc(-n2cc(-c3ccccc3F)cn2)nc1. The van der Waals surface area contributed by atoms with Gasteiger partial charge in [0.1, 0.15) is 5.82 Å². The third kappa shape index (κ3) is 2.18. The van der Waals surface area contributed by atoms with Crippen molar-refractivity contribution < 1.29 is 4.39 Å². The van der Waals surface area contributed by atoms with Gasteiger partial charge in [0.2, 0.25) is 0 Å². The van der Waals surface area contributed by atoms with Gasteiger partial charge in [-0.05, 0) is 18.2 Å². The average molecular weight is 254 g/mol. The van der Waals surface area contributed by atoms with Crippen LogP contribution in [0.5, 0.6) is 0 Å². The smallest absolute Gasteiger partial charge is 0.153 e. The molecular formula is C14H11FN4. The first-order valence-electron chi connectivity index (χ1n) is 5.75. The fourth-order valence-corrected chi connectivity index (χ4v) is 1.82. The van der Waals surface area contributed by atoms with Crippen LogP contribution in [0, 0.1) is 5.82 Å². The van der Waals surface area contributed by atoms with Gasteiger partial charge >= 0.3 is 0 Å². The summed E-state index contributed by atoms with van der Waals surface area (Å²) in [5, 5.41) is 4.18. The second-order valence-electron chi connectivity index (χ2n) is 4.10. The lowest BCUT2D eigenvalue weighted by atomic mass is 10.1. The number of nitrogens with zero attached hydrogens (tertiary/aromatic N) is 3. The molecule has 2 N–H and O–H groups in total. The highest BCUT2D eigenvalue weighted by molar-refractivity contribution is 5.62. The monoisotopic (exact) mass is 254 g/mol. The van der Waals surface area contributed by atoms with Gasteiger partial charge in [-0.2, -0.15) is 5.10 Å². The van der Waals surface area contributed by atoms with E-state index in [1.165, 1.54) is 6.07 Å². The summed E-state index contributed by atoms with van der Waals surface area (Å²) in [6.07, 6.45) is 4.90. The molecule has 0 aliphatic heterocycles. The number of benzene rings is 1. The highest BCUT2D eigenvalue weighted by Crippen LogP contribution is 2.22. The van der Waals surface area contributed by atoms with Crippen molar-refractivity contribution in [1.82, 2.24) is 14.8 Å².